The zero-order valence-electron chi connectivity index (χ0n) is 3.70. The first-order valence-electron chi connectivity index (χ1n) is 1.58. The summed E-state index contributed by atoms with van der Waals surface area (Å²) >= 11 is 0. The number of rotatable bonds is 0. The van der Waals surface area contributed by atoms with Crippen LogP contribution in [0.1, 0.15) is 6.92 Å². The highest BCUT2D eigenvalue weighted by Crippen LogP contribution is 2.06. The Balaban J connectivity index is 4.07. The molecule has 7 heavy (non-hydrogen) atoms. The second-order valence-corrected chi connectivity index (χ2v) is 0.936. The summed E-state index contributed by atoms with van der Waals surface area (Å²) in [4.78, 5) is 2.18. The molecule has 0 spiro atoms. The van der Waals surface area contributed by atoms with Crippen molar-refractivity contribution in [3.63, 3.8) is 0 Å². The molecule has 0 N–H and O–H groups in total. The Morgan fingerprint density at radius 1 is 1.57 bits per heavy atom. The molecule has 0 heterocycles. The van der Waals surface area contributed by atoms with Crippen LogP contribution in [-0.2, 0) is 0 Å². The summed E-state index contributed by atoms with van der Waals surface area (Å²) in [6.45, 7) is 6.79. The maximum absolute atomic E-state index is 11.4. The lowest BCUT2D eigenvalue weighted by molar-refractivity contribution is 0.554. The number of hydrogen-bond acceptors (Lipinski definition) is 0. The minimum absolute atomic E-state index is 0.896. The molecule has 0 aromatic carbocycles. The van der Waals surface area contributed by atoms with Gasteiger partial charge in [0.15, 0.2) is 0 Å². The van der Waals surface area contributed by atoms with Crippen LogP contribution in [0.2, 0.25) is 0 Å². The minimum atomic E-state index is -1.36. The van der Waals surface area contributed by atoms with Crippen LogP contribution in [0.15, 0.2) is 11.8 Å². The van der Waals surface area contributed by atoms with Gasteiger partial charge < -0.3 is 0 Å². The summed E-state index contributed by atoms with van der Waals surface area (Å²) in [5, 5.41) is 0. The van der Waals surface area contributed by atoms with Crippen molar-refractivity contribution in [3.8, 4) is 0 Å². The molecule has 1 nitrogen and oxygen atoms in total. The van der Waals surface area contributed by atoms with Crippen LogP contribution in [0, 0.1) is 6.57 Å². The van der Waals surface area contributed by atoms with Crippen LogP contribution in [0.5, 0.6) is 0 Å². The Morgan fingerprint density at radius 2 is 2.00 bits per heavy atom. The summed E-state index contributed by atoms with van der Waals surface area (Å²) in [6.07, 6.45) is 0. The molecule has 0 aliphatic heterocycles. The highest BCUT2D eigenvalue weighted by Gasteiger charge is 1.94. The van der Waals surface area contributed by atoms with E-state index in [1.807, 2.05) is 0 Å². The summed E-state index contributed by atoms with van der Waals surface area (Å²) in [6, 6.07) is 0. The Labute approximate surface area is 40.1 Å². The van der Waals surface area contributed by atoms with Crippen LogP contribution < -0.4 is 0 Å². The standard InChI is InChI=1S/C4H3F2N/c1-3(5)4(6)7-2/h1H3/b4-3+. The molecule has 0 aromatic heterocycles. The van der Waals surface area contributed by atoms with Gasteiger partial charge in [-0.2, -0.15) is 0 Å². The van der Waals surface area contributed by atoms with Gasteiger partial charge in [-0.25, -0.2) is 13.6 Å². The highest BCUT2D eigenvalue weighted by atomic mass is 19.2. The molecule has 0 unspecified atom stereocenters. The van der Waals surface area contributed by atoms with Gasteiger partial charge in [0.2, 0.25) is 0 Å². The molecular formula is C4H3F2N. The van der Waals surface area contributed by atoms with Gasteiger partial charge >= 0.3 is 5.95 Å². The minimum Gasteiger partial charge on any atom is -0.234 e. The van der Waals surface area contributed by atoms with E-state index in [-0.39, 0.29) is 0 Å². The molecule has 3 heteroatoms. The zero-order chi connectivity index (χ0) is 5.86. The monoisotopic (exact) mass is 103 g/mol. The van der Waals surface area contributed by atoms with Crippen molar-refractivity contribution in [2.45, 2.75) is 6.92 Å². The topological polar surface area (TPSA) is 4.36 Å². The van der Waals surface area contributed by atoms with Gasteiger partial charge in [-0.3, -0.25) is 0 Å². The molecule has 0 saturated heterocycles. The molecule has 0 rings (SSSR count). The van der Waals surface area contributed by atoms with E-state index in [1.165, 1.54) is 0 Å². The van der Waals surface area contributed by atoms with Crippen molar-refractivity contribution in [1.29, 1.82) is 0 Å². The molecule has 0 bridgehead atoms. The molecule has 0 fully saturated rings. The average Bonchev–Trinajstić information content (AvgIpc) is 1.65. The predicted octanol–water partition coefficient (Wildman–Crippen LogP) is 2.03. The summed E-state index contributed by atoms with van der Waals surface area (Å²) < 4.78 is 22.8. The molecule has 0 aliphatic carbocycles. The van der Waals surface area contributed by atoms with E-state index in [1.54, 1.807) is 0 Å². The maximum atomic E-state index is 11.4. The smallest absolute Gasteiger partial charge is 0.234 e. The summed E-state index contributed by atoms with van der Waals surface area (Å²) in [5.74, 6) is -2.42. The Hall–Kier alpha value is -0.910. The molecule has 0 aliphatic rings. The largest absolute Gasteiger partial charge is 0.362 e. The zero-order valence-corrected chi connectivity index (χ0v) is 3.70. The highest BCUT2D eigenvalue weighted by molar-refractivity contribution is 5.03. The van der Waals surface area contributed by atoms with E-state index >= 15 is 0 Å². The van der Waals surface area contributed by atoms with Gasteiger partial charge in [0.25, 0.3) is 0 Å². The second kappa shape index (κ2) is 2.30. The first-order chi connectivity index (χ1) is 3.18. The molecular weight excluding hydrogens is 100 g/mol. The molecule has 0 aromatic rings. The van der Waals surface area contributed by atoms with E-state index in [0.29, 0.717) is 0 Å². The quantitative estimate of drug-likeness (QED) is 0.326. The van der Waals surface area contributed by atoms with Crippen molar-refractivity contribution >= 4 is 0 Å². The van der Waals surface area contributed by atoms with E-state index in [2.05, 4.69) is 4.85 Å². The van der Waals surface area contributed by atoms with Crippen molar-refractivity contribution in [2.75, 3.05) is 0 Å². The number of hydrogen-bond donors (Lipinski definition) is 0. The second-order valence-electron chi connectivity index (χ2n) is 0.936. The van der Waals surface area contributed by atoms with Gasteiger partial charge in [0, 0.05) is 0 Å². The van der Waals surface area contributed by atoms with Gasteiger partial charge in [0.05, 0.1) is 6.57 Å². The lowest BCUT2D eigenvalue weighted by atomic mass is 10.6. The van der Waals surface area contributed by atoms with E-state index < -0.39 is 11.8 Å². The summed E-state index contributed by atoms with van der Waals surface area (Å²) in [7, 11) is 0. The predicted molar refractivity (Wildman–Crippen MR) is 21.5 cm³/mol. The van der Waals surface area contributed by atoms with Gasteiger partial charge in [-0.1, -0.05) is 0 Å². The first kappa shape index (κ1) is 6.09. The van der Waals surface area contributed by atoms with E-state index in [9.17, 15) is 8.78 Å². The van der Waals surface area contributed by atoms with E-state index in [4.69, 9.17) is 6.57 Å². The third-order valence-corrected chi connectivity index (χ3v) is 0.382. The number of allylic oxidation sites excluding steroid dienone is 1. The van der Waals surface area contributed by atoms with Crippen molar-refractivity contribution in [2.24, 2.45) is 0 Å². The van der Waals surface area contributed by atoms with Crippen LogP contribution in [-0.4, -0.2) is 0 Å². The lowest BCUT2D eigenvalue weighted by Crippen LogP contribution is -1.62. The van der Waals surface area contributed by atoms with Crippen molar-refractivity contribution in [1.82, 2.24) is 0 Å². The Bertz CT molecular complexity index is 127. The maximum Gasteiger partial charge on any atom is 0.362 e. The molecule has 0 saturated carbocycles. The van der Waals surface area contributed by atoms with Crippen LogP contribution >= 0.6 is 0 Å². The number of halogens is 2. The SMILES string of the molecule is [C-]#[N+]/C(F)=C(\C)F. The normalized spacial score (nSPS) is 12.3. The Morgan fingerprint density at radius 3 is 2.00 bits per heavy atom. The third kappa shape index (κ3) is 1.88. The van der Waals surface area contributed by atoms with Gasteiger partial charge in [0.1, 0.15) is 5.83 Å². The van der Waals surface area contributed by atoms with Crippen molar-refractivity contribution in [3.05, 3.63) is 23.2 Å². The molecule has 0 radical (unpaired) electrons. The van der Waals surface area contributed by atoms with Crippen molar-refractivity contribution < 1.29 is 8.78 Å². The van der Waals surface area contributed by atoms with Crippen LogP contribution in [0.3, 0.4) is 0 Å². The van der Waals surface area contributed by atoms with Gasteiger partial charge in [-0.15, -0.1) is 0 Å². The van der Waals surface area contributed by atoms with Gasteiger partial charge in [-0.05, 0) is 6.92 Å². The third-order valence-electron chi connectivity index (χ3n) is 0.382. The van der Waals surface area contributed by atoms with Crippen LogP contribution in [0.25, 0.3) is 4.85 Å². The lowest BCUT2D eigenvalue weighted by Gasteiger charge is -1.76. The average molecular weight is 103 g/mol. The fourth-order valence-corrected chi connectivity index (χ4v) is 0.0770. The molecule has 0 atom stereocenters. The Kier molecular flexibility index (Phi) is 2.00. The summed E-state index contributed by atoms with van der Waals surface area (Å²) in [5.41, 5.74) is 0. The molecule has 38 valence electrons. The first-order valence-corrected chi connectivity index (χ1v) is 1.58. The van der Waals surface area contributed by atoms with Crippen LogP contribution in [0.4, 0.5) is 8.78 Å². The molecule has 0 amide bonds. The number of nitrogens with zero attached hydrogens (tertiary/aromatic N) is 1. The fourth-order valence-electron chi connectivity index (χ4n) is 0.0770. The van der Waals surface area contributed by atoms with E-state index in [0.717, 1.165) is 6.92 Å². The fraction of sp³-hybridized carbons (Fsp3) is 0.250.